The molecule has 0 bridgehead atoms. The van der Waals surface area contributed by atoms with Gasteiger partial charge in [0.15, 0.2) is 36.7 Å². The number of nitrogens with one attached hydrogen (secondary N) is 5. The molecule has 0 spiro atoms. The highest BCUT2D eigenvalue weighted by Crippen LogP contribution is 2.42. The van der Waals surface area contributed by atoms with Crippen LogP contribution in [0.4, 0.5) is 22.0 Å². The average molecular weight is 2190 g/mol. The van der Waals surface area contributed by atoms with Gasteiger partial charge in [0.05, 0.1) is 37.5 Å². The van der Waals surface area contributed by atoms with Crippen LogP contribution in [0.25, 0.3) is 0 Å². The number of carbonyl (C=O) groups excluding carboxylic acids is 12. The molecule has 4 heterocycles. The van der Waals surface area contributed by atoms with Crippen molar-refractivity contribution in [2.45, 2.75) is 407 Å². The molecule has 5 rings (SSSR count). The van der Waals surface area contributed by atoms with Crippen LogP contribution in [-0.4, -0.2) is 305 Å². The van der Waals surface area contributed by atoms with Crippen molar-refractivity contribution < 1.29 is 195 Å². The molecule has 48 heteroatoms. The molecule has 5 amide bonds. The van der Waals surface area contributed by atoms with E-state index in [2.05, 4.69) is 40.4 Å². The van der Waals surface area contributed by atoms with Crippen LogP contribution in [0, 0.1) is 64.6 Å². The van der Waals surface area contributed by atoms with Gasteiger partial charge in [0, 0.05) is 181 Å². The zero-order valence-electron chi connectivity index (χ0n) is 88.0. The molecule has 21 unspecified atom stereocenters. The molecule has 0 radical (unpaired) electrons. The molecule has 0 saturated carbocycles. The number of methoxy groups -OCH3 is 1. The molecule has 150 heavy (non-hydrogen) atoms. The predicted octanol–water partition coefficient (Wildman–Crippen LogP) is 10.2. The van der Waals surface area contributed by atoms with Gasteiger partial charge in [-0.1, -0.05) is 108 Å². The lowest BCUT2D eigenvalue weighted by atomic mass is 9.84. The van der Waals surface area contributed by atoms with Gasteiger partial charge in [0.25, 0.3) is 0 Å². The fourth-order valence-corrected chi connectivity index (χ4v) is 17.0. The van der Waals surface area contributed by atoms with Gasteiger partial charge in [-0.25, -0.2) is 17.7 Å². The summed E-state index contributed by atoms with van der Waals surface area (Å²) >= 11 is 0. The van der Waals surface area contributed by atoms with Crippen molar-refractivity contribution in [1.82, 2.24) is 26.6 Å². The molecule has 4 aliphatic heterocycles. The topological polar surface area (TPSA) is 597 Å². The van der Waals surface area contributed by atoms with Gasteiger partial charge in [0.1, 0.15) is 68.8 Å². The third-order valence-corrected chi connectivity index (χ3v) is 26.8. The zero-order valence-corrected chi connectivity index (χ0v) is 88.9. The molecule has 1 aromatic carbocycles. The number of ketones is 2. The Morgan fingerprint density at radius 3 is 0.993 bits per heavy atom. The summed E-state index contributed by atoms with van der Waals surface area (Å²) in [6, 6.07) is -1.46. The lowest BCUT2D eigenvalue weighted by Crippen LogP contribution is -2.55. The SMILES string of the molecule is C.C.CC(=O)OCC1OC(OCCCCCC(=O)NCCCC[C@H](NC(=O)CCCCCOC2OC(COC(C)=O)C(OC(C)=O)C(C)C2C)C(=O)CCCCCCC(=O)Oc2c(F)c(F)c(F)c(F)c2F)C(C)C(C)C1OC(C)=O.COCCCNC(=O)CCCCCCC(=O)[C@H](CCCCNC(=O)CCCCCOC1OC(CO)C(O)C(O)C1C)NC(=O)CCCCCOC1OC(CO)C(O)C(O)C1C.COP(=O)(O)OCN. The quantitative estimate of drug-likeness (QED) is 0.00332. The number of Topliss-reactive ketones (excluding diaryl/α,β-unsaturated/α-hetero) is 2. The van der Waals surface area contributed by atoms with E-state index < -0.39 is 202 Å². The Bertz CT molecular complexity index is 4080. The Kier molecular flexibility index (Phi) is 74.3. The summed E-state index contributed by atoms with van der Waals surface area (Å²) in [5.41, 5.74) is 4.76. The fourth-order valence-electron chi connectivity index (χ4n) is 16.7. The predicted molar refractivity (Wildman–Crippen MR) is 535 cm³/mol. The summed E-state index contributed by atoms with van der Waals surface area (Å²) in [4.78, 5) is 157. The van der Waals surface area contributed by atoms with Gasteiger partial charge in [-0.05, 0) is 122 Å². The number of aliphatic hydroxyl groups is 6. The minimum absolute atomic E-state index is 0. The van der Waals surface area contributed by atoms with Crippen molar-refractivity contribution in [3.8, 4) is 5.75 Å². The first-order valence-corrected chi connectivity index (χ1v) is 53.4. The number of amides is 5. The van der Waals surface area contributed by atoms with Crippen molar-refractivity contribution >= 4 is 78.8 Å². The maximum Gasteiger partial charge on any atom is 0.473 e. The highest BCUT2D eigenvalue weighted by molar-refractivity contribution is 7.47. The van der Waals surface area contributed by atoms with E-state index in [1.165, 1.54) is 27.7 Å². The Balaban J connectivity index is 0.00000142. The van der Waals surface area contributed by atoms with E-state index in [1.54, 1.807) is 21.0 Å². The van der Waals surface area contributed by atoms with Gasteiger partial charge in [0.2, 0.25) is 64.4 Å². The van der Waals surface area contributed by atoms with Crippen LogP contribution in [0.5, 0.6) is 5.75 Å². The minimum atomic E-state index is -3.80. The van der Waals surface area contributed by atoms with Crippen molar-refractivity contribution in [3.63, 3.8) is 0 Å². The van der Waals surface area contributed by atoms with Crippen LogP contribution in [0.15, 0.2) is 0 Å². The third-order valence-electron chi connectivity index (χ3n) is 25.9. The number of ether oxygens (including phenoxy) is 14. The number of phosphoric ester groups is 1. The Morgan fingerprint density at radius 2 is 0.680 bits per heavy atom. The third kappa shape index (κ3) is 55.6. The first-order chi connectivity index (χ1) is 70.4. The van der Waals surface area contributed by atoms with Crippen LogP contribution >= 0.6 is 7.82 Å². The largest absolute Gasteiger partial charge is 0.473 e. The standard InChI is InChI=1S/C55H81F5N2O17.C43H79N3O15.C2H8NO4P.2CH4/c1-31-33(3)54(77-41(29-73-35(5)63)51(31)75-37(7)65)71-27-19-11-14-23-43(68)61-26-18-17-21-39(40(67)22-13-9-10-16-25-45(70)79-53-49(59)47(57)46(56)48(58)50(53)60)62-44(69)24-15-12-20-28-72-55-34(4)32(2)52(76-38(8)66)42(78-55)30-74-36(6)64;1-29-38(53)40(55)33(27-47)60-42(29)58-25-14-6-10-20-35(50)44-22-13-12-17-31(32(49)18-8-4-5-9-19-36(51)45-23-16-24-57-3)46-37(52)21-11-7-15-26-59-43-30(2)39(54)41(56)34(28-48)61-43;1-6-8(4,5)7-2-3;;/h31-34,39,41-42,51-52,54-55H,9-30H2,1-8H3,(H,61,68)(H,62,69);29-31,33-34,38-43,47-48,53-56H,4-28H2,1-3H3,(H,44,50)(H,45,51)(H,46,52);2-3H2,1H3,(H,4,5);2*1H4/t31?,32?,33?,34?,39-,41?,42?,51?,52?,54?,55?;29?,30?,31-,33?,34?,38?,39?,40?,41?,42?,43?;;;/m00.../s1. The molecular weight excluding hydrogens is 2010 g/mol. The first-order valence-electron chi connectivity index (χ1n) is 51.9. The molecule has 870 valence electrons. The smallest absolute Gasteiger partial charge is 0.463 e. The maximum absolute atomic E-state index is 14.0. The van der Waals surface area contributed by atoms with Crippen LogP contribution in [-0.2, 0) is 133 Å². The second kappa shape index (κ2) is 79.4. The van der Waals surface area contributed by atoms with E-state index in [-0.39, 0.29) is 132 Å². The van der Waals surface area contributed by atoms with Crippen molar-refractivity contribution in [1.29, 1.82) is 0 Å². The summed E-state index contributed by atoms with van der Waals surface area (Å²) in [5.74, 6) is -18.8. The Morgan fingerprint density at radius 1 is 0.373 bits per heavy atom. The summed E-state index contributed by atoms with van der Waals surface area (Å²) in [5, 5.41) is 73.7. The molecule has 42 nitrogen and oxygen atoms in total. The van der Waals surface area contributed by atoms with E-state index in [0.29, 0.717) is 207 Å². The van der Waals surface area contributed by atoms with Crippen LogP contribution in [0.3, 0.4) is 0 Å². The monoisotopic (exact) mass is 2190 g/mol. The number of unbranched alkanes of at least 4 members (excludes halogenated alkanes) is 16. The summed E-state index contributed by atoms with van der Waals surface area (Å²) in [6.07, 6.45) is 5.21. The number of hydrogen-bond acceptors (Lipinski definition) is 36. The second-order valence-electron chi connectivity index (χ2n) is 37.8. The number of nitrogens with two attached hydrogens (primary N) is 1. The summed E-state index contributed by atoms with van der Waals surface area (Å²) in [6.45, 7) is 18.1. The molecule has 4 saturated heterocycles. The molecule has 1 aromatic rings. The zero-order chi connectivity index (χ0) is 110. The summed E-state index contributed by atoms with van der Waals surface area (Å²) < 4.78 is 164. The van der Waals surface area contributed by atoms with Gasteiger partial charge in [-0.2, -0.15) is 8.78 Å². The van der Waals surface area contributed by atoms with E-state index >= 15 is 0 Å². The molecule has 0 aromatic heterocycles. The van der Waals surface area contributed by atoms with E-state index in [0.717, 1.165) is 39.2 Å². The lowest BCUT2D eigenvalue weighted by Gasteiger charge is -2.43. The average Bonchev–Trinajstić information content (AvgIpc) is 0.800. The van der Waals surface area contributed by atoms with Crippen LogP contribution in [0.1, 0.15) is 309 Å². The number of benzene rings is 1. The Labute approximate surface area is 879 Å². The highest BCUT2D eigenvalue weighted by atomic mass is 31.2. The molecular formula is C102H176F5N6O36P. The number of rotatable bonds is 72. The Hall–Kier alpha value is -7.62. The minimum Gasteiger partial charge on any atom is -0.463 e. The van der Waals surface area contributed by atoms with Crippen molar-refractivity contribution in [2.24, 2.45) is 41.2 Å². The lowest BCUT2D eigenvalue weighted by molar-refractivity contribution is -0.282. The second-order valence-corrected chi connectivity index (χ2v) is 39.4. The van der Waals surface area contributed by atoms with E-state index in [4.69, 9.17) is 72.2 Å². The normalized spacial score (nSPS) is 24.2. The number of hydrogen-bond donors (Lipinski definition) is 13. The summed E-state index contributed by atoms with van der Waals surface area (Å²) in [7, 11) is -1.11. The molecule has 14 N–H and O–H groups in total. The van der Waals surface area contributed by atoms with Gasteiger partial charge in [-0.15, -0.1) is 0 Å². The van der Waals surface area contributed by atoms with Crippen molar-refractivity contribution in [3.05, 3.63) is 29.1 Å². The van der Waals surface area contributed by atoms with Gasteiger partial charge >= 0.3 is 37.7 Å². The first kappa shape index (κ1) is 140. The number of carbonyl (C=O) groups is 12. The number of esters is 5. The molecule has 0 aliphatic carbocycles. The van der Waals surface area contributed by atoms with E-state index in [9.17, 15) is 115 Å². The molecule has 4 fully saturated rings. The maximum atomic E-state index is 14.0. The molecule has 23 atom stereocenters. The van der Waals surface area contributed by atoms with Crippen molar-refractivity contribution in [2.75, 3.05) is 100 Å². The van der Waals surface area contributed by atoms with Gasteiger partial charge in [-0.3, -0.25) is 66.6 Å². The van der Waals surface area contributed by atoms with Crippen LogP contribution < -0.4 is 37.1 Å². The van der Waals surface area contributed by atoms with Gasteiger partial charge < -0.3 is 134 Å². The number of halogens is 5. The van der Waals surface area contributed by atoms with E-state index in [1.807, 2.05) is 27.7 Å². The fraction of sp³-hybridized carbons (Fsp3) is 0.824. The number of aliphatic hydroxyl groups excluding tert-OH is 6. The number of phosphoric acid groups is 1. The van der Waals surface area contributed by atoms with Crippen LogP contribution in [0.2, 0.25) is 0 Å². The highest BCUT2D eigenvalue weighted by Gasteiger charge is 2.48. The molecule has 4 aliphatic rings.